The van der Waals surface area contributed by atoms with Gasteiger partial charge < -0.3 is 18.9 Å². The van der Waals surface area contributed by atoms with Gasteiger partial charge in [-0.3, -0.25) is 9.59 Å². The minimum Gasteiger partial charge on any atom is -0.465 e. The van der Waals surface area contributed by atoms with Gasteiger partial charge in [-0.05, 0) is 50.6 Å². The molecule has 0 saturated heterocycles. The lowest BCUT2D eigenvalue weighted by atomic mass is 9.98. The van der Waals surface area contributed by atoms with Crippen LogP contribution in [0.3, 0.4) is 0 Å². The highest BCUT2D eigenvalue weighted by Crippen LogP contribution is 2.66. The summed E-state index contributed by atoms with van der Waals surface area (Å²) in [5.74, 6) is -1.90. The molecule has 0 aromatic heterocycles. The van der Waals surface area contributed by atoms with Gasteiger partial charge in [0.25, 0.3) is 0 Å². The van der Waals surface area contributed by atoms with E-state index in [1.54, 1.807) is 44.2 Å². The number of ether oxygens (including phenoxy) is 4. The Labute approximate surface area is 186 Å². The van der Waals surface area contributed by atoms with Crippen LogP contribution in [0.1, 0.15) is 30.9 Å². The van der Waals surface area contributed by atoms with Crippen LogP contribution in [0.5, 0.6) is 11.5 Å². The topological polar surface area (TPSA) is 105 Å². The van der Waals surface area contributed by atoms with Crippen LogP contribution in [0.15, 0.2) is 47.4 Å². The Kier molecular flexibility index (Phi) is 5.62. The van der Waals surface area contributed by atoms with Gasteiger partial charge in [-0.25, -0.2) is 8.42 Å². The quantitative estimate of drug-likeness (QED) is 0.459. The molecule has 2 atom stereocenters. The number of aryl methyl sites for hydroxylation is 1. The van der Waals surface area contributed by atoms with Crippen molar-refractivity contribution in [3.05, 3.63) is 53.6 Å². The van der Waals surface area contributed by atoms with Crippen molar-refractivity contribution < 1.29 is 37.0 Å². The standard InChI is InChI=1S/C23H24O8S/c1-4-28-21(24)23(22(25)29-5-2)19(15-8-11-17-18(12-15)31-13-30-17)20(23)32(26,27)16-9-6-14(3)7-10-16/h6-12,19-20H,4-5,13H2,1-3H3/t19-,20-/m1/s1. The SMILES string of the molecule is CCOC(=O)C1(C(=O)OCC)[C@H](c2ccc3c(c2)OCO3)[C@H]1S(=O)(=O)c1ccc(C)cc1. The Bertz CT molecular complexity index is 1140. The first-order valence-corrected chi connectivity index (χ1v) is 11.9. The van der Waals surface area contributed by atoms with Crippen LogP contribution in [-0.2, 0) is 28.9 Å². The Morgan fingerprint density at radius 1 is 0.969 bits per heavy atom. The van der Waals surface area contributed by atoms with Gasteiger partial charge in [0.1, 0.15) is 5.25 Å². The Morgan fingerprint density at radius 3 is 2.16 bits per heavy atom. The van der Waals surface area contributed by atoms with Crippen LogP contribution in [-0.4, -0.2) is 45.6 Å². The summed E-state index contributed by atoms with van der Waals surface area (Å²) in [6.07, 6.45) is 0. The molecule has 1 heterocycles. The second-order valence-electron chi connectivity index (χ2n) is 7.68. The van der Waals surface area contributed by atoms with Crippen molar-refractivity contribution in [2.75, 3.05) is 20.0 Å². The smallest absolute Gasteiger partial charge is 0.325 e. The number of carbonyl (C=O) groups is 2. The number of hydrogen-bond donors (Lipinski definition) is 0. The van der Waals surface area contributed by atoms with Gasteiger partial charge in [0, 0.05) is 5.92 Å². The minimum atomic E-state index is -4.10. The van der Waals surface area contributed by atoms with Crippen LogP contribution in [0.2, 0.25) is 0 Å². The van der Waals surface area contributed by atoms with Crippen molar-refractivity contribution in [2.24, 2.45) is 5.41 Å². The molecule has 170 valence electrons. The number of esters is 2. The maximum atomic E-state index is 13.7. The molecule has 0 N–H and O–H groups in total. The average Bonchev–Trinajstić information content (AvgIpc) is 3.29. The summed E-state index contributed by atoms with van der Waals surface area (Å²) in [4.78, 5) is 26.3. The number of carbonyl (C=O) groups excluding carboxylic acids is 2. The fourth-order valence-electron chi connectivity index (χ4n) is 4.27. The molecule has 8 nitrogen and oxygen atoms in total. The first-order valence-electron chi connectivity index (χ1n) is 10.3. The van der Waals surface area contributed by atoms with Crippen LogP contribution < -0.4 is 9.47 Å². The molecule has 0 spiro atoms. The van der Waals surface area contributed by atoms with E-state index in [1.807, 2.05) is 6.92 Å². The molecule has 9 heteroatoms. The van der Waals surface area contributed by atoms with Crippen LogP contribution in [0.25, 0.3) is 0 Å². The zero-order chi connectivity index (χ0) is 23.1. The molecular formula is C23H24O8S. The van der Waals surface area contributed by atoms with E-state index in [1.165, 1.54) is 12.1 Å². The number of fused-ring (bicyclic) bond motifs is 1. The molecule has 1 aliphatic heterocycles. The first-order chi connectivity index (χ1) is 15.3. The Balaban J connectivity index is 1.88. The second kappa shape index (κ2) is 8.12. The van der Waals surface area contributed by atoms with Gasteiger partial charge in [0.15, 0.2) is 26.8 Å². The molecule has 0 amide bonds. The highest BCUT2D eigenvalue weighted by Gasteiger charge is 2.81. The van der Waals surface area contributed by atoms with Crippen molar-refractivity contribution in [3.63, 3.8) is 0 Å². The van der Waals surface area contributed by atoms with Crippen LogP contribution in [0.4, 0.5) is 0 Å². The number of hydrogen-bond acceptors (Lipinski definition) is 8. The molecule has 2 aromatic rings. The molecule has 4 rings (SSSR count). The molecule has 1 aliphatic carbocycles. The Hall–Kier alpha value is -3.07. The van der Waals surface area contributed by atoms with E-state index >= 15 is 0 Å². The summed E-state index contributed by atoms with van der Waals surface area (Å²) in [7, 11) is -4.10. The second-order valence-corrected chi connectivity index (χ2v) is 9.75. The van der Waals surface area contributed by atoms with E-state index in [-0.39, 0.29) is 24.9 Å². The molecular weight excluding hydrogens is 436 g/mol. The van der Waals surface area contributed by atoms with Gasteiger partial charge in [-0.2, -0.15) is 0 Å². The largest absolute Gasteiger partial charge is 0.465 e. The maximum absolute atomic E-state index is 13.7. The van der Waals surface area contributed by atoms with Crippen molar-refractivity contribution in [1.29, 1.82) is 0 Å². The summed E-state index contributed by atoms with van der Waals surface area (Å²) in [5, 5.41) is -1.38. The molecule has 1 fully saturated rings. The molecule has 2 aliphatic rings. The third-order valence-corrected chi connectivity index (χ3v) is 8.04. The van der Waals surface area contributed by atoms with Crippen LogP contribution >= 0.6 is 0 Å². The van der Waals surface area contributed by atoms with Crippen LogP contribution in [0, 0.1) is 12.3 Å². The summed E-state index contributed by atoms with van der Waals surface area (Å²) in [6, 6.07) is 11.2. The number of benzene rings is 2. The van der Waals surface area contributed by atoms with E-state index in [9.17, 15) is 18.0 Å². The lowest BCUT2D eigenvalue weighted by Crippen LogP contribution is -2.35. The van der Waals surface area contributed by atoms with E-state index in [2.05, 4.69) is 0 Å². The van der Waals surface area contributed by atoms with Gasteiger partial charge >= 0.3 is 11.9 Å². The van der Waals surface area contributed by atoms with E-state index in [4.69, 9.17) is 18.9 Å². The fraction of sp³-hybridized carbons (Fsp3) is 0.391. The van der Waals surface area contributed by atoms with Crippen molar-refractivity contribution in [3.8, 4) is 11.5 Å². The highest BCUT2D eigenvalue weighted by molar-refractivity contribution is 7.92. The van der Waals surface area contributed by atoms with E-state index in [0.717, 1.165) is 5.56 Å². The third-order valence-electron chi connectivity index (χ3n) is 5.80. The predicted molar refractivity (Wildman–Crippen MR) is 113 cm³/mol. The van der Waals surface area contributed by atoms with Crippen molar-refractivity contribution in [1.82, 2.24) is 0 Å². The van der Waals surface area contributed by atoms with Gasteiger partial charge in [0.05, 0.1) is 18.1 Å². The normalized spacial score (nSPS) is 20.5. The third kappa shape index (κ3) is 3.31. The Morgan fingerprint density at radius 2 is 1.56 bits per heavy atom. The fourth-order valence-corrected chi connectivity index (χ4v) is 6.56. The van der Waals surface area contributed by atoms with Gasteiger partial charge in [0.2, 0.25) is 6.79 Å². The molecule has 32 heavy (non-hydrogen) atoms. The first kappa shape index (κ1) is 22.1. The number of rotatable bonds is 7. The lowest BCUT2D eigenvalue weighted by Gasteiger charge is -2.15. The summed E-state index contributed by atoms with van der Waals surface area (Å²) in [5.41, 5.74) is -0.672. The van der Waals surface area contributed by atoms with Crippen molar-refractivity contribution in [2.45, 2.75) is 36.8 Å². The highest BCUT2D eigenvalue weighted by atomic mass is 32.2. The van der Waals surface area contributed by atoms with Crippen molar-refractivity contribution >= 4 is 21.8 Å². The van der Waals surface area contributed by atoms with E-state index in [0.29, 0.717) is 17.1 Å². The average molecular weight is 461 g/mol. The molecule has 2 aromatic carbocycles. The summed E-state index contributed by atoms with van der Waals surface area (Å²) < 4.78 is 48.5. The molecule has 0 radical (unpaired) electrons. The zero-order valence-electron chi connectivity index (χ0n) is 18.0. The summed E-state index contributed by atoms with van der Waals surface area (Å²) >= 11 is 0. The lowest BCUT2D eigenvalue weighted by molar-refractivity contribution is -0.164. The minimum absolute atomic E-state index is 0.00878. The summed E-state index contributed by atoms with van der Waals surface area (Å²) in [6.45, 7) is 5.05. The monoisotopic (exact) mass is 460 g/mol. The molecule has 0 unspecified atom stereocenters. The molecule has 1 saturated carbocycles. The maximum Gasteiger partial charge on any atom is 0.325 e. The zero-order valence-corrected chi connectivity index (χ0v) is 18.8. The predicted octanol–water partition coefficient (Wildman–Crippen LogP) is 2.78. The van der Waals surface area contributed by atoms with Gasteiger partial charge in [-0.15, -0.1) is 0 Å². The number of sulfone groups is 1. The van der Waals surface area contributed by atoms with Gasteiger partial charge in [-0.1, -0.05) is 23.8 Å². The van der Waals surface area contributed by atoms with E-state index < -0.39 is 38.4 Å². The molecule has 0 bridgehead atoms.